The van der Waals surface area contributed by atoms with E-state index < -0.39 is 0 Å². The Kier molecular flexibility index (Phi) is 5.33. The summed E-state index contributed by atoms with van der Waals surface area (Å²) < 4.78 is 0. The monoisotopic (exact) mass is 316 g/mol. The predicted molar refractivity (Wildman–Crippen MR) is 107 cm³/mol. The Balaban J connectivity index is 0.000000141. The second kappa shape index (κ2) is 7.46. The second-order valence-corrected chi connectivity index (χ2v) is 7.23. The molecule has 0 unspecified atom stereocenters. The summed E-state index contributed by atoms with van der Waals surface area (Å²) in [5.41, 5.74) is 6.80. The van der Waals surface area contributed by atoms with Crippen molar-refractivity contribution in [1.29, 1.82) is 0 Å². The fourth-order valence-electron chi connectivity index (χ4n) is 3.39. The van der Waals surface area contributed by atoms with Crippen LogP contribution in [0.2, 0.25) is 0 Å². The Bertz CT molecular complexity index is 738. The maximum absolute atomic E-state index is 4.57. The first-order valence-electron chi connectivity index (χ1n) is 9.06. The second-order valence-electron chi connectivity index (χ2n) is 7.23. The summed E-state index contributed by atoms with van der Waals surface area (Å²) >= 11 is 0. The molecule has 4 heteroatoms. The van der Waals surface area contributed by atoms with Crippen LogP contribution in [0.15, 0.2) is 41.0 Å². The van der Waals surface area contributed by atoms with Crippen LogP contribution >= 0.6 is 0 Å². The minimum atomic E-state index is 0.581. The van der Waals surface area contributed by atoms with E-state index in [-0.39, 0.29) is 0 Å². The van der Waals surface area contributed by atoms with E-state index in [2.05, 4.69) is 80.5 Å². The van der Waals surface area contributed by atoms with E-state index in [0.717, 1.165) is 6.42 Å². The van der Waals surface area contributed by atoms with Crippen LogP contribution in [0.25, 0.3) is 0 Å². The molecular formula is C20H26B2N2. The summed E-state index contributed by atoms with van der Waals surface area (Å²) in [7, 11) is 0. The fourth-order valence-corrected chi connectivity index (χ4v) is 3.39. The molecule has 0 spiro atoms. The molecule has 0 fully saturated rings. The van der Waals surface area contributed by atoms with E-state index in [9.17, 15) is 0 Å². The Labute approximate surface area is 147 Å². The molecular weight excluding hydrogens is 290 g/mol. The van der Waals surface area contributed by atoms with Gasteiger partial charge in [0.05, 0.1) is 0 Å². The SMILES string of the molecule is CC(C)C1=Nc2cbccc2C1.CC(C)N1CCc2ccbcc21. The van der Waals surface area contributed by atoms with Gasteiger partial charge < -0.3 is 0 Å². The standard InChI is InChI=1S/C10H14BN.C10H12BN/c1-8(2)12-6-4-9-3-5-11-7-10(9)12;1-7(2)9-5-8-3-4-11-6-10(8)12-9/h3,5,7-8H,4,6H2,1-2H3;3-4,6-7H,5H2,1-2H3. The van der Waals surface area contributed by atoms with Gasteiger partial charge in [-0.2, -0.15) is 0 Å². The zero-order valence-corrected chi connectivity index (χ0v) is 15.3. The molecule has 0 radical (unpaired) electrons. The topological polar surface area (TPSA) is 15.6 Å². The molecule has 2 aromatic heterocycles. The van der Waals surface area contributed by atoms with Crippen molar-refractivity contribution in [3.63, 3.8) is 0 Å². The first-order chi connectivity index (χ1) is 11.6. The van der Waals surface area contributed by atoms with Gasteiger partial charge >= 0.3 is 147 Å². The van der Waals surface area contributed by atoms with Crippen molar-refractivity contribution in [3.05, 3.63) is 47.1 Å². The molecule has 0 bridgehead atoms. The number of aliphatic imine (C=N–C) groups is 1. The molecule has 0 amide bonds. The summed E-state index contributed by atoms with van der Waals surface area (Å²) in [5.74, 6) is 9.10. The first kappa shape index (κ1) is 17.1. The van der Waals surface area contributed by atoms with E-state index in [1.54, 1.807) is 0 Å². The summed E-state index contributed by atoms with van der Waals surface area (Å²) in [4.78, 5) is 7.04. The third kappa shape index (κ3) is 3.68. The molecule has 0 saturated carbocycles. The summed E-state index contributed by atoms with van der Waals surface area (Å²) in [6, 6.07) is 5.03. The number of rotatable bonds is 2. The normalized spacial score (nSPS) is 14.8. The van der Waals surface area contributed by atoms with Crippen LogP contribution in [0.4, 0.5) is 11.4 Å². The molecule has 2 aromatic rings. The molecule has 0 aliphatic carbocycles. The summed E-state index contributed by atoms with van der Waals surface area (Å²) in [5, 5.41) is 0. The van der Waals surface area contributed by atoms with E-state index in [1.165, 1.54) is 41.2 Å². The molecule has 4 heterocycles. The fraction of sp³-hybridized carbons (Fsp3) is 0.450. The number of fused-ring (bicyclic) bond motifs is 2. The molecule has 0 atom stereocenters. The van der Waals surface area contributed by atoms with Gasteiger partial charge in [0.1, 0.15) is 0 Å². The number of hydrogen-bond acceptors (Lipinski definition) is 2. The van der Waals surface area contributed by atoms with E-state index in [4.69, 9.17) is 0 Å². The van der Waals surface area contributed by atoms with Crippen LogP contribution in [-0.2, 0) is 12.8 Å². The van der Waals surface area contributed by atoms with Crippen LogP contribution < -0.4 is 4.90 Å². The van der Waals surface area contributed by atoms with Gasteiger partial charge in [-0.3, -0.25) is 0 Å². The zero-order valence-electron chi connectivity index (χ0n) is 15.3. The van der Waals surface area contributed by atoms with Gasteiger partial charge in [0, 0.05) is 0 Å². The van der Waals surface area contributed by atoms with Gasteiger partial charge in [0.2, 0.25) is 0 Å². The van der Waals surface area contributed by atoms with Crippen molar-refractivity contribution < 1.29 is 0 Å². The third-order valence-corrected chi connectivity index (χ3v) is 4.84. The number of nitrogens with zero attached hydrogens (tertiary/aromatic N) is 2. The molecule has 24 heavy (non-hydrogen) atoms. The maximum atomic E-state index is 4.57. The van der Waals surface area contributed by atoms with Crippen LogP contribution in [-0.4, -0.2) is 32.1 Å². The molecule has 2 aliphatic rings. The van der Waals surface area contributed by atoms with Crippen LogP contribution in [0.1, 0.15) is 38.8 Å². The average molecular weight is 316 g/mol. The van der Waals surface area contributed by atoms with E-state index in [1.807, 2.05) is 6.91 Å². The Hall–Kier alpha value is -1.70. The predicted octanol–water partition coefficient (Wildman–Crippen LogP) is 4.10. The van der Waals surface area contributed by atoms with Crippen molar-refractivity contribution in [3.8, 4) is 0 Å². The van der Waals surface area contributed by atoms with E-state index >= 15 is 0 Å². The van der Waals surface area contributed by atoms with Crippen molar-refractivity contribution >= 4 is 30.9 Å². The molecule has 0 N–H and O–H groups in total. The zero-order chi connectivity index (χ0) is 17.1. The quantitative estimate of drug-likeness (QED) is 0.814. The molecule has 4 rings (SSSR count). The van der Waals surface area contributed by atoms with Gasteiger partial charge in [-0.25, -0.2) is 0 Å². The van der Waals surface area contributed by atoms with Gasteiger partial charge in [0.15, 0.2) is 0 Å². The van der Waals surface area contributed by atoms with Gasteiger partial charge in [-0.1, -0.05) is 0 Å². The summed E-state index contributed by atoms with van der Waals surface area (Å²) in [6.45, 7) is 14.3. The number of anilines is 1. The Morgan fingerprint density at radius 3 is 2.38 bits per heavy atom. The molecule has 122 valence electrons. The van der Waals surface area contributed by atoms with Gasteiger partial charge in [-0.05, 0) is 0 Å². The Morgan fingerprint density at radius 1 is 1.00 bits per heavy atom. The van der Waals surface area contributed by atoms with Crippen molar-refractivity contribution in [1.82, 2.24) is 0 Å². The van der Waals surface area contributed by atoms with Gasteiger partial charge in [-0.15, -0.1) is 0 Å². The minimum absolute atomic E-state index is 0.581. The summed E-state index contributed by atoms with van der Waals surface area (Å²) in [6.07, 6.45) is 2.27. The molecule has 0 aromatic carbocycles. The van der Waals surface area contributed by atoms with Crippen molar-refractivity contribution in [2.45, 2.75) is 46.6 Å². The van der Waals surface area contributed by atoms with E-state index in [0.29, 0.717) is 12.0 Å². The third-order valence-electron chi connectivity index (χ3n) is 4.84. The van der Waals surface area contributed by atoms with Crippen LogP contribution in [0.3, 0.4) is 0 Å². The Morgan fingerprint density at radius 2 is 1.71 bits per heavy atom. The van der Waals surface area contributed by atoms with Crippen LogP contribution in [0, 0.1) is 5.92 Å². The number of hydrogen-bond donors (Lipinski definition) is 0. The van der Waals surface area contributed by atoms with Crippen molar-refractivity contribution in [2.75, 3.05) is 11.4 Å². The van der Waals surface area contributed by atoms with Crippen LogP contribution in [0.5, 0.6) is 0 Å². The first-order valence-corrected chi connectivity index (χ1v) is 9.06. The average Bonchev–Trinajstić information content (AvgIpc) is 3.19. The van der Waals surface area contributed by atoms with Crippen molar-refractivity contribution in [2.24, 2.45) is 10.9 Å². The molecule has 2 aliphatic heterocycles. The van der Waals surface area contributed by atoms with Gasteiger partial charge in [0.25, 0.3) is 0 Å². The molecule has 2 nitrogen and oxygen atoms in total. The molecule has 0 saturated heterocycles.